The van der Waals surface area contributed by atoms with E-state index in [1.807, 2.05) is 6.92 Å². The molecular formula is C19H20FNO3. The van der Waals surface area contributed by atoms with E-state index in [1.54, 1.807) is 19.1 Å². The quantitative estimate of drug-likeness (QED) is 0.852. The van der Waals surface area contributed by atoms with Gasteiger partial charge in [0.2, 0.25) is 5.88 Å². The molecule has 0 saturated heterocycles. The van der Waals surface area contributed by atoms with Crippen molar-refractivity contribution in [2.24, 2.45) is 0 Å². The summed E-state index contributed by atoms with van der Waals surface area (Å²) in [6.07, 6.45) is 2.62. The molecule has 1 saturated carbocycles. The van der Waals surface area contributed by atoms with Gasteiger partial charge >= 0.3 is 5.97 Å². The third-order valence-electron chi connectivity index (χ3n) is 4.26. The number of ether oxygens (including phenoxy) is 1. The van der Waals surface area contributed by atoms with Gasteiger partial charge in [-0.1, -0.05) is 6.92 Å². The Balaban J connectivity index is 2.28. The third-order valence-corrected chi connectivity index (χ3v) is 4.26. The maximum absolute atomic E-state index is 13.2. The highest BCUT2D eigenvalue weighted by Gasteiger charge is 2.35. The lowest BCUT2D eigenvalue weighted by molar-refractivity contribution is 0.0690. The van der Waals surface area contributed by atoms with Crippen molar-refractivity contribution in [2.75, 3.05) is 6.61 Å². The smallest absolute Gasteiger partial charge is 0.341 e. The summed E-state index contributed by atoms with van der Waals surface area (Å²) < 4.78 is 18.8. The number of carboxylic acid groups (broad SMARTS) is 1. The van der Waals surface area contributed by atoms with Crippen LogP contribution in [0.5, 0.6) is 5.88 Å². The first-order valence-corrected chi connectivity index (χ1v) is 8.25. The number of nitrogens with zero attached hydrogens (tertiary/aromatic N) is 1. The van der Waals surface area contributed by atoms with Crippen LogP contribution in [0.3, 0.4) is 0 Å². The molecule has 0 spiro atoms. The molecule has 0 unspecified atom stereocenters. The lowest BCUT2D eigenvalue weighted by Crippen LogP contribution is -2.13. The van der Waals surface area contributed by atoms with Gasteiger partial charge in [-0.25, -0.2) is 14.2 Å². The van der Waals surface area contributed by atoms with Gasteiger partial charge < -0.3 is 9.84 Å². The first kappa shape index (κ1) is 16.4. The van der Waals surface area contributed by atoms with Crippen LogP contribution in [0, 0.1) is 5.82 Å². The minimum atomic E-state index is -1.01. The van der Waals surface area contributed by atoms with Crippen molar-refractivity contribution in [3.05, 3.63) is 46.8 Å². The Labute approximate surface area is 140 Å². The van der Waals surface area contributed by atoms with Crippen LogP contribution in [-0.4, -0.2) is 22.7 Å². The molecule has 1 aliphatic carbocycles. The monoisotopic (exact) mass is 329 g/mol. The highest BCUT2D eigenvalue weighted by atomic mass is 19.1. The zero-order chi connectivity index (χ0) is 17.3. The second-order valence-electron chi connectivity index (χ2n) is 5.91. The number of aromatic carboxylic acids is 1. The van der Waals surface area contributed by atoms with Crippen molar-refractivity contribution in [1.82, 2.24) is 4.98 Å². The third kappa shape index (κ3) is 2.98. The van der Waals surface area contributed by atoms with E-state index < -0.39 is 5.97 Å². The van der Waals surface area contributed by atoms with E-state index in [0.29, 0.717) is 18.7 Å². The lowest BCUT2D eigenvalue weighted by atomic mass is 9.92. The standard InChI is InChI=1S/C19H20FNO3/c1-3-14-15(11-5-6-11)16(19(22)23)18(24-4-2)21-17(14)12-7-9-13(20)10-8-12/h7-11H,3-6H2,1-2H3,(H,22,23). The first-order chi connectivity index (χ1) is 11.6. The molecule has 0 amide bonds. The average Bonchev–Trinajstić information content (AvgIpc) is 3.39. The summed E-state index contributed by atoms with van der Waals surface area (Å²) >= 11 is 0. The van der Waals surface area contributed by atoms with Gasteiger partial charge in [-0.05, 0) is 67.5 Å². The summed E-state index contributed by atoms with van der Waals surface area (Å²) in [5.41, 5.74) is 3.40. The van der Waals surface area contributed by atoms with Crippen molar-refractivity contribution in [2.45, 2.75) is 39.0 Å². The van der Waals surface area contributed by atoms with Gasteiger partial charge in [0, 0.05) is 5.56 Å². The maximum atomic E-state index is 13.2. The summed E-state index contributed by atoms with van der Waals surface area (Å²) in [7, 11) is 0. The van der Waals surface area contributed by atoms with E-state index in [2.05, 4.69) is 4.98 Å². The number of benzene rings is 1. The van der Waals surface area contributed by atoms with Gasteiger partial charge in [-0.3, -0.25) is 0 Å². The van der Waals surface area contributed by atoms with Crippen molar-refractivity contribution in [1.29, 1.82) is 0 Å². The highest BCUT2D eigenvalue weighted by molar-refractivity contribution is 5.94. The van der Waals surface area contributed by atoms with Crippen LogP contribution in [0.15, 0.2) is 24.3 Å². The topological polar surface area (TPSA) is 59.4 Å². The van der Waals surface area contributed by atoms with Gasteiger partial charge in [0.15, 0.2) is 0 Å². The number of halogens is 1. The highest BCUT2D eigenvalue weighted by Crippen LogP contribution is 2.47. The minimum absolute atomic E-state index is 0.156. The molecule has 2 aromatic rings. The molecule has 1 aromatic heterocycles. The Morgan fingerprint density at radius 2 is 1.96 bits per heavy atom. The molecule has 24 heavy (non-hydrogen) atoms. The molecule has 1 N–H and O–H groups in total. The van der Waals surface area contributed by atoms with E-state index in [0.717, 1.165) is 29.5 Å². The first-order valence-electron chi connectivity index (χ1n) is 8.25. The second kappa shape index (κ2) is 6.59. The molecule has 0 bridgehead atoms. The van der Waals surface area contributed by atoms with Crippen LogP contribution in [0.25, 0.3) is 11.3 Å². The summed E-state index contributed by atoms with van der Waals surface area (Å²) in [6.45, 7) is 4.13. The van der Waals surface area contributed by atoms with Crippen molar-refractivity contribution in [3.8, 4) is 17.1 Å². The molecule has 4 nitrogen and oxygen atoms in total. The van der Waals surface area contributed by atoms with Crippen LogP contribution in [0.2, 0.25) is 0 Å². The van der Waals surface area contributed by atoms with Crippen LogP contribution in [0.1, 0.15) is 54.1 Å². The summed E-state index contributed by atoms with van der Waals surface area (Å²) in [5, 5.41) is 9.70. The predicted octanol–water partition coefficient (Wildman–Crippen LogP) is 4.42. The van der Waals surface area contributed by atoms with E-state index in [1.165, 1.54) is 12.1 Å². The molecule has 5 heteroatoms. The zero-order valence-electron chi connectivity index (χ0n) is 13.8. The molecule has 126 valence electrons. The van der Waals surface area contributed by atoms with E-state index >= 15 is 0 Å². The Hall–Kier alpha value is -2.43. The van der Waals surface area contributed by atoms with Gasteiger partial charge in [0.05, 0.1) is 12.3 Å². The maximum Gasteiger partial charge on any atom is 0.341 e. The van der Waals surface area contributed by atoms with E-state index in [9.17, 15) is 14.3 Å². The van der Waals surface area contributed by atoms with Gasteiger partial charge in [-0.2, -0.15) is 0 Å². The van der Waals surface area contributed by atoms with Gasteiger partial charge in [0.1, 0.15) is 11.4 Å². The van der Waals surface area contributed by atoms with E-state index in [-0.39, 0.29) is 23.2 Å². The van der Waals surface area contributed by atoms with Crippen molar-refractivity contribution >= 4 is 5.97 Å². The number of carbonyl (C=O) groups is 1. The lowest BCUT2D eigenvalue weighted by Gasteiger charge is -2.19. The largest absolute Gasteiger partial charge is 0.477 e. The summed E-state index contributed by atoms with van der Waals surface area (Å²) in [5.74, 6) is -0.921. The fraction of sp³-hybridized carbons (Fsp3) is 0.368. The molecular weight excluding hydrogens is 309 g/mol. The molecule has 0 atom stereocenters. The second-order valence-corrected chi connectivity index (χ2v) is 5.91. The van der Waals surface area contributed by atoms with E-state index in [4.69, 9.17) is 4.74 Å². The minimum Gasteiger partial charge on any atom is -0.477 e. The van der Waals surface area contributed by atoms with Crippen LogP contribution < -0.4 is 4.74 Å². The number of pyridine rings is 1. The summed E-state index contributed by atoms with van der Waals surface area (Å²) in [6, 6.07) is 6.12. The molecule has 0 aliphatic heterocycles. The normalized spacial score (nSPS) is 13.8. The fourth-order valence-corrected chi connectivity index (χ4v) is 3.09. The Kier molecular flexibility index (Phi) is 4.51. The van der Waals surface area contributed by atoms with Crippen LogP contribution >= 0.6 is 0 Å². The molecule has 1 heterocycles. The van der Waals surface area contributed by atoms with Crippen LogP contribution in [0.4, 0.5) is 4.39 Å². The molecule has 1 fully saturated rings. The van der Waals surface area contributed by atoms with Crippen molar-refractivity contribution < 1.29 is 19.0 Å². The molecule has 3 rings (SSSR count). The Bertz CT molecular complexity index is 767. The number of rotatable bonds is 6. The SMILES string of the molecule is CCOc1nc(-c2ccc(F)cc2)c(CC)c(C2CC2)c1C(=O)O. The number of carboxylic acids is 1. The van der Waals surface area contributed by atoms with Gasteiger partial charge in [0.25, 0.3) is 0 Å². The van der Waals surface area contributed by atoms with Crippen LogP contribution in [-0.2, 0) is 6.42 Å². The molecule has 1 aromatic carbocycles. The van der Waals surface area contributed by atoms with Gasteiger partial charge in [-0.15, -0.1) is 0 Å². The predicted molar refractivity (Wildman–Crippen MR) is 89.1 cm³/mol. The Morgan fingerprint density at radius 1 is 1.29 bits per heavy atom. The fourth-order valence-electron chi connectivity index (χ4n) is 3.09. The molecule has 1 aliphatic rings. The Morgan fingerprint density at radius 3 is 2.46 bits per heavy atom. The summed E-state index contributed by atoms with van der Waals surface area (Å²) in [4.78, 5) is 16.3. The number of hydrogen-bond donors (Lipinski definition) is 1. The molecule has 0 radical (unpaired) electrons. The number of hydrogen-bond acceptors (Lipinski definition) is 3. The number of aromatic nitrogens is 1. The zero-order valence-corrected chi connectivity index (χ0v) is 13.8. The van der Waals surface area contributed by atoms with Crippen molar-refractivity contribution in [3.63, 3.8) is 0 Å². The average molecular weight is 329 g/mol.